The summed E-state index contributed by atoms with van der Waals surface area (Å²) in [5.41, 5.74) is 0.261. The number of nitrogens with one attached hydrogen (secondary N) is 1. The van der Waals surface area contributed by atoms with Crippen molar-refractivity contribution in [3.63, 3.8) is 0 Å². The number of carbonyl (C=O) groups is 4. The molecule has 4 fully saturated rings. The second-order valence-corrected chi connectivity index (χ2v) is 9.93. The highest BCUT2D eigenvalue weighted by atomic mass is 16.5. The van der Waals surface area contributed by atoms with Crippen LogP contribution in [0.5, 0.6) is 17.2 Å². The fourth-order valence-electron chi connectivity index (χ4n) is 6.23. The van der Waals surface area contributed by atoms with Gasteiger partial charge < -0.3 is 29.3 Å². The molecule has 1 aromatic carbocycles. The van der Waals surface area contributed by atoms with Crippen molar-refractivity contribution in [2.75, 3.05) is 45.9 Å². The summed E-state index contributed by atoms with van der Waals surface area (Å²) in [6.07, 6.45) is 3.40. The number of hydrogen-bond donors (Lipinski definition) is 1. The molecule has 4 atom stereocenters. The number of methoxy groups -OCH3 is 3. The van der Waals surface area contributed by atoms with Gasteiger partial charge in [-0.25, -0.2) is 9.69 Å². The number of ether oxygens (including phenoxy) is 3. The van der Waals surface area contributed by atoms with E-state index in [0.717, 1.165) is 24.2 Å². The van der Waals surface area contributed by atoms with Gasteiger partial charge in [0.1, 0.15) is 6.04 Å². The lowest BCUT2D eigenvalue weighted by atomic mass is 9.76. The molecular formula is C25H32N4O7. The molecule has 2 bridgehead atoms. The molecule has 4 saturated heterocycles. The topological polar surface area (TPSA) is 118 Å². The van der Waals surface area contributed by atoms with E-state index in [9.17, 15) is 19.2 Å². The van der Waals surface area contributed by atoms with E-state index in [4.69, 9.17) is 14.2 Å². The summed E-state index contributed by atoms with van der Waals surface area (Å²) in [5, 5.41) is 2.65. The van der Waals surface area contributed by atoms with Crippen LogP contribution in [0.2, 0.25) is 0 Å². The van der Waals surface area contributed by atoms with Gasteiger partial charge in [0.15, 0.2) is 11.5 Å². The first-order valence-corrected chi connectivity index (χ1v) is 12.4. The minimum Gasteiger partial charge on any atom is -0.493 e. The standard InChI is InChI=1S/C25H32N4O7/c1-34-19-8-16(9-20(35-2)23(19)36-3)29-24(32)17(26-25(29)33)10-22(31)27-11-14-7-15(13-27)18-5-4-6-21(30)28(18)12-14/h8-9,14-15,17-18H,4-7,10-13H2,1-3H3,(H,26,33)/t14-,15+,17+,18+/m1/s1. The number of amides is 5. The van der Waals surface area contributed by atoms with Crippen LogP contribution in [0.3, 0.4) is 0 Å². The predicted octanol–water partition coefficient (Wildman–Crippen LogP) is 1.39. The van der Waals surface area contributed by atoms with E-state index in [1.165, 1.54) is 33.5 Å². The molecule has 0 saturated carbocycles. The number of urea groups is 1. The van der Waals surface area contributed by atoms with Crippen molar-refractivity contribution in [2.45, 2.75) is 44.2 Å². The summed E-state index contributed by atoms with van der Waals surface area (Å²) in [6.45, 7) is 1.84. The summed E-state index contributed by atoms with van der Waals surface area (Å²) in [7, 11) is 4.36. The molecule has 1 aromatic rings. The van der Waals surface area contributed by atoms with Gasteiger partial charge in [-0.05, 0) is 31.1 Å². The van der Waals surface area contributed by atoms with Crippen LogP contribution in [-0.2, 0) is 14.4 Å². The number of nitrogens with zero attached hydrogens (tertiary/aromatic N) is 3. The lowest BCUT2D eigenvalue weighted by Crippen LogP contribution is -2.61. The summed E-state index contributed by atoms with van der Waals surface area (Å²) in [4.78, 5) is 56.5. The highest BCUT2D eigenvalue weighted by molar-refractivity contribution is 6.22. The van der Waals surface area contributed by atoms with Crippen molar-refractivity contribution >= 4 is 29.4 Å². The zero-order valence-electron chi connectivity index (χ0n) is 20.8. The first-order chi connectivity index (χ1) is 17.3. The number of fused-ring (bicyclic) bond motifs is 4. The van der Waals surface area contributed by atoms with Gasteiger partial charge in [-0.3, -0.25) is 14.4 Å². The van der Waals surface area contributed by atoms with Gasteiger partial charge in [0.25, 0.3) is 5.91 Å². The van der Waals surface area contributed by atoms with Crippen LogP contribution in [0, 0.1) is 11.8 Å². The van der Waals surface area contributed by atoms with E-state index < -0.39 is 18.0 Å². The van der Waals surface area contributed by atoms with E-state index in [0.29, 0.717) is 43.3 Å². The Kier molecular flexibility index (Phi) is 6.40. The van der Waals surface area contributed by atoms with Crippen LogP contribution >= 0.6 is 0 Å². The van der Waals surface area contributed by atoms with Crippen molar-refractivity contribution in [3.05, 3.63) is 12.1 Å². The lowest BCUT2D eigenvalue weighted by molar-refractivity contribution is -0.149. The molecule has 0 aliphatic carbocycles. The second kappa shape index (κ2) is 9.51. The molecule has 5 rings (SSSR count). The molecule has 0 radical (unpaired) electrons. The largest absolute Gasteiger partial charge is 0.493 e. The maximum Gasteiger partial charge on any atom is 0.329 e. The van der Waals surface area contributed by atoms with Gasteiger partial charge in [0.2, 0.25) is 17.6 Å². The van der Waals surface area contributed by atoms with E-state index in [-0.39, 0.29) is 41.8 Å². The number of anilines is 1. The van der Waals surface area contributed by atoms with Crippen molar-refractivity contribution in [2.24, 2.45) is 11.8 Å². The van der Waals surface area contributed by atoms with Gasteiger partial charge in [-0.1, -0.05) is 0 Å². The maximum atomic E-state index is 13.3. The Morgan fingerprint density at radius 3 is 2.42 bits per heavy atom. The van der Waals surface area contributed by atoms with E-state index in [1.807, 2.05) is 9.80 Å². The molecule has 11 nitrogen and oxygen atoms in total. The Balaban J connectivity index is 1.28. The number of rotatable bonds is 6. The number of imide groups is 1. The van der Waals surface area contributed by atoms with Crippen LogP contribution in [0.4, 0.5) is 10.5 Å². The number of carbonyl (C=O) groups excluding carboxylic acids is 4. The van der Waals surface area contributed by atoms with Gasteiger partial charge >= 0.3 is 6.03 Å². The summed E-state index contributed by atoms with van der Waals surface area (Å²) in [5.74, 6) is 1.02. The molecule has 4 aliphatic rings. The van der Waals surface area contributed by atoms with Gasteiger partial charge in [0.05, 0.1) is 33.4 Å². The average molecular weight is 501 g/mol. The molecule has 4 aliphatic heterocycles. The Morgan fingerprint density at radius 2 is 1.75 bits per heavy atom. The Labute approximate surface area is 209 Å². The summed E-state index contributed by atoms with van der Waals surface area (Å²) >= 11 is 0. The highest BCUT2D eigenvalue weighted by Crippen LogP contribution is 2.42. The molecule has 0 unspecified atom stereocenters. The third-order valence-electron chi connectivity index (χ3n) is 7.84. The fraction of sp³-hybridized carbons (Fsp3) is 0.600. The number of likely N-dealkylation sites (tertiary alicyclic amines) is 1. The second-order valence-electron chi connectivity index (χ2n) is 9.93. The van der Waals surface area contributed by atoms with E-state index in [2.05, 4.69) is 5.32 Å². The van der Waals surface area contributed by atoms with Gasteiger partial charge in [-0.15, -0.1) is 0 Å². The van der Waals surface area contributed by atoms with Crippen LogP contribution in [0.15, 0.2) is 12.1 Å². The first-order valence-electron chi connectivity index (χ1n) is 12.4. The Hall–Kier alpha value is -3.50. The molecular weight excluding hydrogens is 468 g/mol. The average Bonchev–Trinajstić information content (AvgIpc) is 3.15. The maximum absolute atomic E-state index is 13.3. The molecule has 194 valence electrons. The van der Waals surface area contributed by atoms with Crippen molar-refractivity contribution < 1.29 is 33.4 Å². The van der Waals surface area contributed by atoms with Crippen LogP contribution in [0.25, 0.3) is 0 Å². The number of piperidine rings is 3. The summed E-state index contributed by atoms with van der Waals surface area (Å²) < 4.78 is 16.0. The predicted molar refractivity (Wildman–Crippen MR) is 128 cm³/mol. The van der Waals surface area contributed by atoms with Gasteiger partial charge in [-0.2, -0.15) is 0 Å². The number of hydrogen-bond acceptors (Lipinski definition) is 7. The van der Waals surface area contributed by atoms with Crippen LogP contribution in [-0.4, -0.2) is 86.6 Å². The molecule has 4 heterocycles. The summed E-state index contributed by atoms with van der Waals surface area (Å²) in [6, 6.07) is 1.66. The Bertz CT molecular complexity index is 1070. The molecule has 36 heavy (non-hydrogen) atoms. The minimum atomic E-state index is -0.960. The molecule has 11 heteroatoms. The highest BCUT2D eigenvalue weighted by Gasteiger charge is 2.46. The Morgan fingerprint density at radius 1 is 1.03 bits per heavy atom. The van der Waals surface area contributed by atoms with Crippen molar-refractivity contribution in [1.82, 2.24) is 15.1 Å². The molecule has 1 N–H and O–H groups in total. The third-order valence-corrected chi connectivity index (χ3v) is 7.84. The van der Waals surface area contributed by atoms with E-state index >= 15 is 0 Å². The van der Waals surface area contributed by atoms with Gasteiger partial charge in [0, 0.05) is 44.2 Å². The zero-order chi connectivity index (χ0) is 25.6. The quantitative estimate of drug-likeness (QED) is 0.587. The van der Waals surface area contributed by atoms with Crippen LogP contribution < -0.4 is 24.4 Å². The number of benzene rings is 1. The molecule has 5 amide bonds. The van der Waals surface area contributed by atoms with Crippen molar-refractivity contribution in [1.29, 1.82) is 0 Å². The monoisotopic (exact) mass is 500 g/mol. The zero-order valence-corrected chi connectivity index (χ0v) is 20.8. The third kappa shape index (κ3) is 4.10. The minimum absolute atomic E-state index is 0.113. The van der Waals surface area contributed by atoms with Crippen molar-refractivity contribution in [3.8, 4) is 17.2 Å². The lowest BCUT2D eigenvalue weighted by Gasteiger charge is -2.52. The smallest absolute Gasteiger partial charge is 0.329 e. The molecule has 0 spiro atoms. The SMILES string of the molecule is COc1cc(N2C(=O)N[C@@H](CC(=O)N3C[C@H]4C[C@@H](C3)[C@@H]3CCCC(=O)N3C4)C2=O)cc(OC)c1OC. The normalized spacial score (nSPS) is 27.5. The first kappa shape index (κ1) is 24.2. The fourth-order valence-corrected chi connectivity index (χ4v) is 6.23. The van der Waals surface area contributed by atoms with E-state index in [1.54, 1.807) is 0 Å². The van der Waals surface area contributed by atoms with Crippen LogP contribution in [0.1, 0.15) is 32.1 Å². The molecule has 0 aromatic heterocycles.